The number of likely N-dealkylation sites (tertiary alicyclic amines) is 1. The maximum absolute atomic E-state index is 13.2. The fourth-order valence-electron chi connectivity index (χ4n) is 4.12. The molecule has 0 aliphatic carbocycles. The van der Waals surface area contributed by atoms with E-state index < -0.39 is 48.1 Å². The van der Waals surface area contributed by atoms with Crippen LogP contribution in [0.3, 0.4) is 0 Å². The number of aliphatic hydroxyl groups is 1. The summed E-state index contributed by atoms with van der Waals surface area (Å²) in [5, 5.41) is 24.0. The zero-order valence-corrected chi connectivity index (χ0v) is 20.1. The molecule has 0 bridgehead atoms. The fraction of sp³-hybridized carbons (Fsp3) is 0.583. The molecule has 1 heterocycles. The van der Waals surface area contributed by atoms with Gasteiger partial charge in [0, 0.05) is 13.0 Å². The SMILES string of the molecule is CC(O)C(NC(=O)C(Cc1ccccc1)NC(=O)C1CCCN1C(=O)C(N)CCCCN)C(=O)O. The van der Waals surface area contributed by atoms with Gasteiger partial charge in [0.25, 0.3) is 0 Å². The van der Waals surface area contributed by atoms with Crippen LogP contribution in [0.1, 0.15) is 44.6 Å². The number of nitrogens with two attached hydrogens (primary N) is 2. The molecule has 1 aromatic carbocycles. The molecule has 5 atom stereocenters. The van der Waals surface area contributed by atoms with Crippen molar-refractivity contribution in [2.24, 2.45) is 11.5 Å². The van der Waals surface area contributed by atoms with Crippen molar-refractivity contribution in [3.63, 3.8) is 0 Å². The molecule has 0 aromatic heterocycles. The van der Waals surface area contributed by atoms with Crippen LogP contribution < -0.4 is 22.1 Å². The van der Waals surface area contributed by atoms with Gasteiger partial charge in [0.15, 0.2) is 6.04 Å². The number of amides is 3. The Hall–Kier alpha value is -3.02. The number of hydrogen-bond donors (Lipinski definition) is 6. The standard InChI is InChI=1S/C24H37N5O6/c1-15(30)20(24(34)35)28-21(31)18(14-16-8-3-2-4-9-16)27-22(32)19-11-7-13-29(19)23(33)17(26)10-5-6-12-25/h2-4,8-9,15,17-20,30H,5-7,10-14,25-26H2,1H3,(H,27,32)(H,28,31)(H,34,35). The molecule has 1 saturated heterocycles. The molecule has 0 spiro atoms. The Balaban J connectivity index is 2.15. The van der Waals surface area contributed by atoms with Gasteiger partial charge in [-0.05, 0) is 44.7 Å². The summed E-state index contributed by atoms with van der Waals surface area (Å²) >= 11 is 0. The van der Waals surface area contributed by atoms with Crippen LogP contribution in [-0.4, -0.2) is 82.2 Å². The summed E-state index contributed by atoms with van der Waals surface area (Å²) in [5.74, 6) is -2.96. The summed E-state index contributed by atoms with van der Waals surface area (Å²) in [6.45, 7) is 2.15. The molecular weight excluding hydrogens is 454 g/mol. The Morgan fingerprint density at radius 2 is 1.83 bits per heavy atom. The van der Waals surface area contributed by atoms with Gasteiger partial charge < -0.3 is 37.2 Å². The summed E-state index contributed by atoms with van der Waals surface area (Å²) in [7, 11) is 0. The van der Waals surface area contributed by atoms with Gasteiger partial charge >= 0.3 is 5.97 Å². The maximum atomic E-state index is 13.2. The number of nitrogens with zero attached hydrogens (tertiary/aromatic N) is 1. The first-order valence-electron chi connectivity index (χ1n) is 12.0. The van der Waals surface area contributed by atoms with E-state index in [-0.39, 0.29) is 12.3 Å². The number of nitrogens with one attached hydrogen (secondary N) is 2. The van der Waals surface area contributed by atoms with Crippen LogP contribution in [0, 0.1) is 0 Å². The van der Waals surface area contributed by atoms with Crippen molar-refractivity contribution >= 4 is 23.7 Å². The number of carboxylic acids is 1. The molecule has 3 amide bonds. The minimum atomic E-state index is -1.53. The molecule has 11 heteroatoms. The van der Waals surface area contributed by atoms with Crippen LogP contribution in [0.15, 0.2) is 30.3 Å². The topological polar surface area (TPSA) is 188 Å². The molecule has 8 N–H and O–H groups in total. The van der Waals surface area contributed by atoms with E-state index in [0.717, 1.165) is 12.0 Å². The van der Waals surface area contributed by atoms with Gasteiger partial charge in [-0.15, -0.1) is 0 Å². The number of carbonyl (C=O) groups is 4. The largest absolute Gasteiger partial charge is 0.480 e. The fourth-order valence-corrected chi connectivity index (χ4v) is 4.12. The highest BCUT2D eigenvalue weighted by Crippen LogP contribution is 2.20. The lowest BCUT2D eigenvalue weighted by Gasteiger charge is -2.29. The quantitative estimate of drug-likeness (QED) is 0.192. The highest BCUT2D eigenvalue weighted by molar-refractivity contribution is 5.94. The second-order valence-electron chi connectivity index (χ2n) is 8.90. The third kappa shape index (κ3) is 8.30. The predicted octanol–water partition coefficient (Wildman–Crippen LogP) is -0.889. The summed E-state index contributed by atoms with van der Waals surface area (Å²) < 4.78 is 0. The van der Waals surface area contributed by atoms with Gasteiger partial charge in [0.2, 0.25) is 17.7 Å². The van der Waals surface area contributed by atoms with Gasteiger partial charge in [-0.1, -0.05) is 36.8 Å². The number of unbranched alkanes of at least 4 members (excludes halogenated alkanes) is 1. The molecule has 35 heavy (non-hydrogen) atoms. The summed E-state index contributed by atoms with van der Waals surface area (Å²) in [6.07, 6.45) is 1.75. The molecular formula is C24H37N5O6. The summed E-state index contributed by atoms with van der Waals surface area (Å²) in [4.78, 5) is 51.9. The Bertz CT molecular complexity index is 865. The average Bonchev–Trinajstić information content (AvgIpc) is 3.31. The van der Waals surface area contributed by atoms with Crippen LogP contribution >= 0.6 is 0 Å². The van der Waals surface area contributed by atoms with Gasteiger partial charge in [-0.3, -0.25) is 14.4 Å². The zero-order chi connectivity index (χ0) is 26.0. The van der Waals surface area contributed by atoms with E-state index in [1.807, 2.05) is 6.07 Å². The molecule has 1 aliphatic heterocycles. The second-order valence-corrected chi connectivity index (χ2v) is 8.90. The van der Waals surface area contributed by atoms with Crippen molar-refractivity contribution in [1.29, 1.82) is 0 Å². The Morgan fingerprint density at radius 3 is 2.43 bits per heavy atom. The number of aliphatic hydroxyl groups excluding tert-OH is 1. The lowest BCUT2D eigenvalue weighted by molar-refractivity contribution is -0.145. The van der Waals surface area contributed by atoms with Crippen LogP contribution in [0.5, 0.6) is 0 Å². The molecule has 5 unspecified atom stereocenters. The molecule has 11 nitrogen and oxygen atoms in total. The van der Waals surface area contributed by atoms with Crippen molar-refractivity contribution in [2.45, 2.75) is 75.7 Å². The Labute approximate surface area is 205 Å². The van der Waals surface area contributed by atoms with Crippen LogP contribution in [0.2, 0.25) is 0 Å². The van der Waals surface area contributed by atoms with E-state index in [2.05, 4.69) is 10.6 Å². The minimum Gasteiger partial charge on any atom is -0.480 e. The summed E-state index contributed by atoms with van der Waals surface area (Å²) in [6, 6.07) is 4.78. The van der Waals surface area contributed by atoms with Crippen molar-refractivity contribution in [1.82, 2.24) is 15.5 Å². The maximum Gasteiger partial charge on any atom is 0.328 e. The molecule has 0 saturated carbocycles. The normalized spacial score (nSPS) is 18.9. The lowest BCUT2D eigenvalue weighted by Crippen LogP contribution is -2.58. The average molecular weight is 492 g/mol. The van der Waals surface area contributed by atoms with Gasteiger partial charge in [-0.2, -0.15) is 0 Å². The monoisotopic (exact) mass is 491 g/mol. The Kier molecular flexibility index (Phi) is 11.1. The van der Waals surface area contributed by atoms with E-state index in [1.54, 1.807) is 24.3 Å². The molecule has 0 radical (unpaired) electrons. The summed E-state index contributed by atoms with van der Waals surface area (Å²) in [5.41, 5.74) is 12.3. The van der Waals surface area contributed by atoms with Gasteiger partial charge in [0.1, 0.15) is 12.1 Å². The number of benzene rings is 1. The third-order valence-electron chi connectivity index (χ3n) is 6.09. The van der Waals surface area contributed by atoms with Crippen molar-refractivity contribution in [2.75, 3.05) is 13.1 Å². The number of carbonyl (C=O) groups excluding carboxylic acids is 3. The van der Waals surface area contributed by atoms with Gasteiger partial charge in [0.05, 0.1) is 12.1 Å². The number of rotatable bonds is 13. The van der Waals surface area contributed by atoms with Crippen molar-refractivity contribution in [3.05, 3.63) is 35.9 Å². The van der Waals surface area contributed by atoms with E-state index >= 15 is 0 Å². The van der Waals surface area contributed by atoms with Crippen molar-refractivity contribution in [3.8, 4) is 0 Å². The Morgan fingerprint density at radius 1 is 1.14 bits per heavy atom. The van der Waals surface area contributed by atoms with Crippen LogP contribution in [0.25, 0.3) is 0 Å². The zero-order valence-electron chi connectivity index (χ0n) is 20.1. The smallest absolute Gasteiger partial charge is 0.328 e. The first kappa shape index (κ1) is 28.2. The molecule has 2 rings (SSSR count). The predicted molar refractivity (Wildman–Crippen MR) is 129 cm³/mol. The number of hydrogen-bond acceptors (Lipinski definition) is 7. The third-order valence-corrected chi connectivity index (χ3v) is 6.09. The number of carboxylic acid groups (broad SMARTS) is 1. The van der Waals surface area contributed by atoms with Crippen molar-refractivity contribution < 1.29 is 29.4 Å². The second kappa shape index (κ2) is 13.8. The van der Waals surface area contributed by atoms with Crippen LogP contribution in [0.4, 0.5) is 0 Å². The van der Waals surface area contributed by atoms with E-state index in [1.165, 1.54) is 11.8 Å². The molecule has 1 fully saturated rings. The highest BCUT2D eigenvalue weighted by atomic mass is 16.4. The molecule has 1 aliphatic rings. The molecule has 1 aromatic rings. The number of aliphatic carboxylic acids is 1. The minimum absolute atomic E-state index is 0.101. The van der Waals surface area contributed by atoms with E-state index in [4.69, 9.17) is 11.5 Å². The first-order chi connectivity index (χ1) is 16.6. The lowest BCUT2D eigenvalue weighted by atomic mass is 10.0. The van der Waals surface area contributed by atoms with E-state index in [9.17, 15) is 29.4 Å². The first-order valence-corrected chi connectivity index (χ1v) is 12.0. The highest BCUT2D eigenvalue weighted by Gasteiger charge is 2.38. The van der Waals surface area contributed by atoms with Crippen LogP contribution in [-0.2, 0) is 25.6 Å². The molecule has 194 valence electrons. The van der Waals surface area contributed by atoms with E-state index in [0.29, 0.717) is 38.8 Å². The van der Waals surface area contributed by atoms with Gasteiger partial charge in [-0.25, -0.2) is 4.79 Å².